The van der Waals surface area contributed by atoms with E-state index in [1.807, 2.05) is 30.3 Å². The third kappa shape index (κ3) is 4.95. The summed E-state index contributed by atoms with van der Waals surface area (Å²) in [4.78, 5) is 12.1. The Morgan fingerprint density at radius 3 is 2.18 bits per heavy atom. The Morgan fingerprint density at radius 1 is 0.857 bits per heavy atom. The molecule has 0 heterocycles. The van der Waals surface area contributed by atoms with Crippen LogP contribution in [-0.4, -0.2) is 20.9 Å². The molecule has 0 bridgehead atoms. The molecule has 0 saturated carbocycles. The zero-order chi connectivity index (χ0) is 20.0. The number of nitrogens with one attached hydrogen (secondary N) is 2. The van der Waals surface area contributed by atoms with Gasteiger partial charge in [0.05, 0.1) is 10.6 Å². The van der Waals surface area contributed by atoms with Crippen molar-refractivity contribution in [3.63, 3.8) is 0 Å². The fourth-order valence-electron chi connectivity index (χ4n) is 2.60. The molecule has 28 heavy (non-hydrogen) atoms. The van der Waals surface area contributed by atoms with E-state index in [2.05, 4.69) is 10.0 Å². The Morgan fingerprint density at radius 2 is 1.50 bits per heavy atom. The monoisotopic (exact) mass is 398 g/mol. The van der Waals surface area contributed by atoms with Crippen LogP contribution in [0.4, 0.5) is 10.1 Å². The van der Waals surface area contributed by atoms with E-state index in [4.69, 9.17) is 0 Å². The standard InChI is InChI=1S/C21H19FN2O3S/c22-19-8-4-5-9-20(19)24-28(26,27)18-12-10-17(11-13-18)21(25)23-15-14-16-6-2-1-3-7-16/h1-13,24H,14-15H2,(H,23,25). The molecule has 7 heteroatoms. The molecule has 0 aliphatic heterocycles. The summed E-state index contributed by atoms with van der Waals surface area (Å²) in [6, 6.07) is 20.7. The molecule has 0 aromatic heterocycles. The van der Waals surface area contributed by atoms with E-state index < -0.39 is 15.8 Å². The highest BCUT2D eigenvalue weighted by Gasteiger charge is 2.16. The van der Waals surface area contributed by atoms with Crippen molar-refractivity contribution in [2.24, 2.45) is 0 Å². The lowest BCUT2D eigenvalue weighted by Crippen LogP contribution is -2.25. The predicted molar refractivity (Wildman–Crippen MR) is 106 cm³/mol. The van der Waals surface area contributed by atoms with Gasteiger partial charge in [-0.05, 0) is 48.4 Å². The van der Waals surface area contributed by atoms with Gasteiger partial charge in [-0.25, -0.2) is 12.8 Å². The molecule has 1 amide bonds. The predicted octanol–water partition coefficient (Wildman–Crippen LogP) is 3.60. The average Bonchev–Trinajstić information content (AvgIpc) is 2.70. The summed E-state index contributed by atoms with van der Waals surface area (Å²) in [5, 5.41) is 2.80. The summed E-state index contributed by atoms with van der Waals surface area (Å²) in [5.74, 6) is -0.956. The molecule has 2 N–H and O–H groups in total. The third-order valence-corrected chi connectivity index (χ3v) is 5.47. The van der Waals surface area contributed by atoms with Crippen LogP contribution in [0.1, 0.15) is 15.9 Å². The molecule has 3 rings (SSSR count). The molecular weight excluding hydrogens is 379 g/mol. The molecule has 3 aromatic carbocycles. The zero-order valence-electron chi connectivity index (χ0n) is 14.9. The van der Waals surface area contributed by atoms with Gasteiger partial charge in [0.2, 0.25) is 0 Å². The smallest absolute Gasteiger partial charge is 0.261 e. The van der Waals surface area contributed by atoms with Crippen LogP contribution in [-0.2, 0) is 16.4 Å². The van der Waals surface area contributed by atoms with Gasteiger partial charge in [-0.1, -0.05) is 42.5 Å². The maximum Gasteiger partial charge on any atom is 0.261 e. The van der Waals surface area contributed by atoms with Crippen LogP contribution in [0.3, 0.4) is 0 Å². The summed E-state index contributed by atoms with van der Waals surface area (Å²) in [5.41, 5.74) is 1.33. The average molecular weight is 398 g/mol. The first-order chi connectivity index (χ1) is 13.5. The van der Waals surface area contributed by atoms with Crippen LogP contribution in [0.25, 0.3) is 0 Å². The van der Waals surface area contributed by atoms with Gasteiger partial charge in [0.15, 0.2) is 0 Å². The largest absolute Gasteiger partial charge is 0.352 e. The second-order valence-electron chi connectivity index (χ2n) is 6.10. The summed E-state index contributed by atoms with van der Waals surface area (Å²) in [6.07, 6.45) is 0.700. The van der Waals surface area contributed by atoms with Crippen molar-refractivity contribution in [3.05, 3.63) is 95.8 Å². The summed E-state index contributed by atoms with van der Waals surface area (Å²) < 4.78 is 40.6. The second-order valence-corrected chi connectivity index (χ2v) is 7.78. The van der Waals surface area contributed by atoms with Gasteiger partial charge in [-0.3, -0.25) is 9.52 Å². The number of rotatable bonds is 7. The number of sulfonamides is 1. The van der Waals surface area contributed by atoms with Gasteiger partial charge >= 0.3 is 0 Å². The van der Waals surface area contributed by atoms with Crippen LogP contribution in [0.5, 0.6) is 0 Å². The van der Waals surface area contributed by atoms with E-state index in [0.717, 1.165) is 5.56 Å². The lowest BCUT2D eigenvalue weighted by atomic mass is 10.1. The number of para-hydroxylation sites is 1. The van der Waals surface area contributed by atoms with Crippen LogP contribution >= 0.6 is 0 Å². The Balaban J connectivity index is 1.62. The minimum Gasteiger partial charge on any atom is -0.352 e. The third-order valence-electron chi connectivity index (χ3n) is 4.09. The molecule has 0 atom stereocenters. The molecular formula is C21H19FN2O3S. The highest BCUT2D eigenvalue weighted by Crippen LogP contribution is 2.19. The SMILES string of the molecule is O=C(NCCc1ccccc1)c1ccc(S(=O)(=O)Nc2ccccc2F)cc1. The van der Waals surface area contributed by atoms with Gasteiger partial charge < -0.3 is 5.32 Å². The molecule has 3 aromatic rings. The van der Waals surface area contributed by atoms with Gasteiger partial charge in [0, 0.05) is 12.1 Å². The molecule has 0 fully saturated rings. The first-order valence-corrected chi connectivity index (χ1v) is 10.1. The van der Waals surface area contributed by atoms with Crippen LogP contribution < -0.4 is 10.0 Å². The van der Waals surface area contributed by atoms with Gasteiger partial charge in [0.25, 0.3) is 15.9 Å². The van der Waals surface area contributed by atoms with Gasteiger partial charge in [-0.2, -0.15) is 0 Å². The van der Waals surface area contributed by atoms with Crippen LogP contribution in [0, 0.1) is 5.82 Å². The number of hydrogen-bond acceptors (Lipinski definition) is 3. The number of amides is 1. The molecule has 0 saturated heterocycles. The van der Waals surface area contributed by atoms with Crippen LogP contribution in [0.2, 0.25) is 0 Å². The number of anilines is 1. The van der Waals surface area contributed by atoms with Crippen molar-refractivity contribution in [1.82, 2.24) is 5.32 Å². The van der Waals surface area contributed by atoms with E-state index >= 15 is 0 Å². The number of halogens is 1. The van der Waals surface area contributed by atoms with E-state index in [9.17, 15) is 17.6 Å². The zero-order valence-corrected chi connectivity index (χ0v) is 15.7. The van der Waals surface area contributed by atoms with E-state index in [-0.39, 0.29) is 16.5 Å². The first kappa shape index (κ1) is 19.6. The Hall–Kier alpha value is -3.19. The molecule has 0 aliphatic carbocycles. The number of carbonyl (C=O) groups excluding carboxylic acids is 1. The lowest BCUT2D eigenvalue weighted by molar-refractivity contribution is 0.0954. The number of benzene rings is 3. The van der Waals surface area contributed by atoms with E-state index in [0.29, 0.717) is 18.5 Å². The lowest BCUT2D eigenvalue weighted by Gasteiger charge is -2.10. The quantitative estimate of drug-likeness (QED) is 0.639. The van der Waals surface area contributed by atoms with Gasteiger partial charge in [-0.15, -0.1) is 0 Å². The van der Waals surface area contributed by atoms with Crippen molar-refractivity contribution in [2.75, 3.05) is 11.3 Å². The summed E-state index contributed by atoms with van der Waals surface area (Å²) in [6.45, 7) is 0.470. The fourth-order valence-corrected chi connectivity index (χ4v) is 3.67. The Kier molecular flexibility index (Phi) is 6.06. The van der Waals surface area contributed by atoms with E-state index in [1.54, 1.807) is 0 Å². The Labute approximate surface area is 163 Å². The molecule has 0 unspecified atom stereocenters. The highest BCUT2D eigenvalue weighted by molar-refractivity contribution is 7.92. The van der Waals surface area contributed by atoms with Crippen LogP contribution in [0.15, 0.2) is 83.8 Å². The summed E-state index contributed by atoms with van der Waals surface area (Å²) >= 11 is 0. The molecule has 5 nitrogen and oxygen atoms in total. The maximum atomic E-state index is 13.7. The normalized spacial score (nSPS) is 11.0. The molecule has 0 aliphatic rings. The minimum absolute atomic E-state index is 0.0587. The number of carbonyl (C=O) groups is 1. The first-order valence-electron chi connectivity index (χ1n) is 8.65. The fraction of sp³-hybridized carbons (Fsp3) is 0.0952. The van der Waals surface area contributed by atoms with Crippen molar-refractivity contribution in [2.45, 2.75) is 11.3 Å². The van der Waals surface area contributed by atoms with Crippen molar-refractivity contribution < 1.29 is 17.6 Å². The second kappa shape index (κ2) is 8.67. The van der Waals surface area contributed by atoms with Crippen molar-refractivity contribution in [3.8, 4) is 0 Å². The molecule has 0 spiro atoms. The Bertz CT molecular complexity index is 1050. The van der Waals surface area contributed by atoms with Gasteiger partial charge in [0.1, 0.15) is 5.82 Å². The summed E-state index contributed by atoms with van der Waals surface area (Å²) in [7, 11) is -3.95. The highest BCUT2D eigenvalue weighted by atomic mass is 32.2. The molecule has 0 radical (unpaired) electrons. The topological polar surface area (TPSA) is 75.3 Å². The van der Waals surface area contributed by atoms with E-state index in [1.165, 1.54) is 48.5 Å². The number of hydrogen-bond donors (Lipinski definition) is 2. The van der Waals surface area contributed by atoms with Crippen molar-refractivity contribution >= 4 is 21.6 Å². The minimum atomic E-state index is -3.95. The molecule has 144 valence electrons. The van der Waals surface area contributed by atoms with Crippen molar-refractivity contribution in [1.29, 1.82) is 0 Å². The maximum absolute atomic E-state index is 13.7.